The third kappa shape index (κ3) is 3.11. The smallest absolute Gasteiger partial charge is 0.291 e. The first kappa shape index (κ1) is 17.5. The molecule has 4 rings (SSSR count). The highest BCUT2D eigenvalue weighted by molar-refractivity contribution is 6.30. The Hall–Kier alpha value is -3.96. The number of carbonyl (C=O) groups is 1. The number of aromatic nitrogens is 4. The molecule has 0 aliphatic rings. The van der Waals surface area contributed by atoms with Crippen molar-refractivity contribution < 1.29 is 4.79 Å². The van der Waals surface area contributed by atoms with Gasteiger partial charge >= 0.3 is 0 Å². The summed E-state index contributed by atoms with van der Waals surface area (Å²) >= 11 is 5.89. The van der Waals surface area contributed by atoms with Gasteiger partial charge < -0.3 is 0 Å². The van der Waals surface area contributed by atoms with Crippen molar-refractivity contribution >= 4 is 29.2 Å². The zero-order valence-electron chi connectivity index (χ0n) is 14.2. The van der Waals surface area contributed by atoms with Crippen molar-refractivity contribution in [1.29, 1.82) is 5.26 Å². The lowest BCUT2D eigenvalue weighted by molar-refractivity contribution is 0.102. The maximum atomic E-state index is 12.7. The maximum absolute atomic E-state index is 12.7. The van der Waals surface area contributed by atoms with Gasteiger partial charge in [-0.1, -0.05) is 41.9 Å². The number of anilines is 1. The molecule has 0 bridgehead atoms. The Bertz CT molecular complexity index is 1290. The number of hydrogen-bond acceptors (Lipinski definition) is 5. The van der Waals surface area contributed by atoms with E-state index in [0.717, 1.165) is 4.52 Å². The molecule has 0 unspecified atom stereocenters. The molecule has 136 valence electrons. The van der Waals surface area contributed by atoms with Crippen molar-refractivity contribution in [3.63, 3.8) is 0 Å². The lowest BCUT2D eigenvalue weighted by Gasteiger charge is -2.03. The number of nitrogens with one attached hydrogen (secondary N) is 2. The third-order valence-electron chi connectivity index (χ3n) is 3.99. The van der Waals surface area contributed by atoms with Crippen LogP contribution in [0.1, 0.15) is 15.9 Å². The van der Waals surface area contributed by atoms with Crippen molar-refractivity contribution in [3.05, 3.63) is 81.1 Å². The minimum absolute atomic E-state index is 0.0253. The minimum Gasteiger partial charge on any atom is -0.291 e. The Labute approximate surface area is 163 Å². The van der Waals surface area contributed by atoms with Crippen LogP contribution in [0.5, 0.6) is 0 Å². The number of fused-ring (bicyclic) bond motifs is 1. The SMILES string of the molecule is N#Cc1c(-c2ccc(Cl)cc2)nc2nc(NC(=O)c3ccccc3)[nH]n2c1=O. The molecule has 4 aromatic rings. The number of aromatic amines is 1. The van der Waals surface area contributed by atoms with Gasteiger partial charge in [-0.3, -0.25) is 20.0 Å². The molecule has 0 aliphatic carbocycles. The minimum atomic E-state index is -0.620. The van der Waals surface area contributed by atoms with Crippen LogP contribution in [-0.2, 0) is 0 Å². The van der Waals surface area contributed by atoms with Crippen LogP contribution in [0.15, 0.2) is 59.4 Å². The summed E-state index contributed by atoms with van der Waals surface area (Å²) < 4.78 is 1.01. The average molecular weight is 391 g/mol. The monoisotopic (exact) mass is 390 g/mol. The lowest BCUT2D eigenvalue weighted by Crippen LogP contribution is -2.20. The molecule has 28 heavy (non-hydrogen) atoms. The van der Waals surface area contributed by atoms with Crippen molar-refractivity contribution in [2.75, 3.05) is 5.32 Å². The fourth-order valence-electron chi connectivity index (χ4n) is 2.66. The van der Waals surface area contributed by atoms with Crippen LogP contribution >= 0.6 is 11.6 Å². The molecule has 0 radical (unpaired) electrons. The summed E-state index contributed by atoms with van der Waals surface area (Å²) in [4.78, 5) is 33.4. The number of nitriles is 1. The molecule has 0 atom stereocenters. The fourth-order valence-corrected chi connectivity index (χ4v) is 2.79. The topological polar surface area (TPSA) is 116 Å². The number of benzene rings is 2. The second kappa shape index (κ2) is 6.98. The quantitative estimate of drug-likeness (QED) is 0.558. The Balaban J connectivity index is 1.78. The first-order chi connectivity index (χ1) is 13.6. The first-order valence-corrected chi connectivity index (χ1v) is 8.50. The van der Waals surface area contributed by atoms with E-state index in [1.54, 1.807) is 54.6 Å². The molecular formula is C19H11ClN6O2. The maximum Gasteiger partial charge on any atom is 0.292 e. The van der Waals surface area contributed by atoms with E-state index in [2.05, 4.69) is 20.4 Å². The highest BCUT2D eigenvalue weighted by Crippen LogP contribution is 2.22. The molecule has 2 N–H and O–H groups in total. The van der Waals surface area contributed by atoms with E-state index >= 15 is 0 Å². The molecule has 0 fully saturated rings. The number of rotatable bonds is 3. The highest BCUT2D eigenvalue weighted by atomic mass is 35.5. The van der Waals surface area contributed by atoms with Crippen LogP contribution in [0.25, 0.3) is 17.0 Å². The van der Waals surface area contributed by atoms with E-state index in [4.69, 9.17) is 11.6 Å². The number of halogens is 1. The van der Waals surface area contributed by atoms with Crippen LogP contribution in [0.3, 0.4) is 0 Å². The summed E-state index contributed by atoms with van der Waals surface area (Å²) in [6, 6.07) is 17.0. The first-order valence-electron chi connectivity index (χ1n) is 8.12. The Kier molecular flexibility index (Phi) is 4.35. The molecule has 9 heteroatoms. The van der Waals surface area contributed by atoms with Gasteiger partial charge in [0.2, 0.25) is 5.95 Å². The molecule has 2 aromatic carbocycles. The van der Waals surface area contributed by atoms with Gasteiger partial charge in [0, 0.05) is 16.1 Å². The van der Waals surface area contributed by atoms with Gasteiger partial charge in [0.25, 0.3) is 17.2 Å². The molecule has 2 heterocycles. The standard InChI is InChI=1S/C19H11ClN6O2/c20-13-8-6-11(7-9-13)15-14(10-21)17(28)26-19(22-15)24-18(25-26)23-16(27)12-4-2-1-3-5-12/h1-9H,(H2,22,23,24,25,27). The van der Waals surface area contributed by atoms with Crippen LogP contribution in [0.2, 0.25) is 5.02 Å². The number of H-pyrrole nitrogens is 1. The Morgan fingerprint density at radius 3 is 2.50 bits per heavy atom. The Morgan fingerprint density at radius 1 is 1.11 bits per heavy atom. The molecule has 0 aliphatic heterocycles. The summed E-state index contributed by atoms with van der Waals surface area (Å²) in [6.07, 6.45) is 0. The van der Waals surface area contributed by atoms with E-state index in [0.29, 0.717) is 16.1 Å². The fraction of sp³-hybridized carbons (Fsp3) is 0. The second-order valence-electron chi connectivity index (χ2n) is 5.79. The van der Waals surface area contributed by atoms with E-state index in [-0.39, 0.29) is 23.0 Å². The van der Waals surface area contributed by atoms with E-state index < -0.39 is 11.5 Å². The lowest BCUT2D eigenvalue weighted by atomic mass is 10.1. The van der Waals surface area contributed by atoms with E-state index in [1.807, 2.05) is 6.07 Å². The highest BCUT2D eigenvalue weighted by Gasteiger charge is 2.18. The summed E-state index contributed by atoms with van der Waals surface area (Å²) in [6.45, 7) is 0. The van der Waals surface area contributed by atoms with Crippen LogP contribution < -0.4 is 10.9 Å². The molecule has 0 saturated heterocycles. The van der Waals surface area contributed by atoms with Gasteiger partial charge in [0.15, 0.2) is 0 Å². The normalized spacial score (nSPS) is 10.6. The van der Waals surface area contributed by atoms with Gasteiger partial charge in [-0.25, -0.2) is 4.98 Å². The summed E-state index contributed by atoms with van der Waals surface area (Å²) in [5.41, 5.74) is 0.410. The number of hydrogen-bond donors (Lipinski definition) is 2. The van der Waals surface area contributed by atoms with Crippen molar-refractivity contribution in [2.45, 2.75) is 0 Å². The second-order valence-corrected chi connectivity index (χ2v) is 6.22. The Morgan fingerprint density at radius 2 is 1.82 bits per heavy atom. The predicted molar refractivity (Wildman–Crippen MR) is 103 cm³/mol. The van der Waals surface area contributed by atoms with Crippen LogP contribution in [0, 0.1) is 11.3 Å². The summed E-state index contributed by atoms with van der Waals surface area (Å²) in [5.74, 6) is -0.334. The van der Waals surface area contributed by atoms with Crippen LogP contribution in [0.4, 0.5) is 5.95 Å². The van der Waals surface area contributed by atoms with Gasteiger partial charge in [0.1, 0.15) is 11.6 Å². The van der Waals surface area contributed by atoms with Crippen molar-refractivity contribution in [1.82, 2.24) is 19.6 Å². The average Bonchev–Trinajstić information content (AvgIpc) is 3.12. The molecule has 1 amide bonds. The molecule has 0 saturated carbocycles. The molecule has 0 spiro atoms. The predicted octanol–water partition coefficient (Wildman–Crippen LogP) is 2.86. The van der Waals surface area contributed by atoms with Gasteiger partial charge in [-0.2, -0.15) is 14.8 Å². The van der Waals surface area contributed by atoms with Gasteiger partial charge in [-0.15, -0.1) is 0 Å². The van der Waals surface area contributed by atoms with Crippen LogP contribution in [-0.4, -0.2) is 25.5 Å². The molecular weight excluding hydrogens is 380 g/mol. The molecule has 8 nitrogen and oxygen atoms in total. The zero-order chi connectivity index (χ0) is 19.7. The van der Waals surface area contributed by atoms with Crippen molar-refractivity contribution in [3.8, 4) is 17.3 Å². The largest absolute Gasteiger partial charge is 0.292 e. The number of amides is 1. The van der Waals surface area contributed by atoms with E-state index in [9.17, 15) is 14.9 Å². The summed E-state index contributed by atoms with van der Waals surface area (Å²) in [7, 11) is 0. The van der Waals surface area contributed by atoms with E-state index in [1.165, 1.54) is 0 Å². The zero-order valence-corrected chi connectivity index (χ0v) is 14.9. The third-order valence-corrected chi connectivity index (χ3v) is 4.24. The van der Waals surface area contributed by atoms with Gasteiger partial charge in [0.05, 0.1) is 5.69 Å². The number of carbonyl (C=O) groups excluding carboxylic acids is 1. The number of nitrogens with zero attached hydrogens (tertiary/aromatic N) is 4. The van der Waals surface area contributed by atoms with Gasteiger partial charge in [-0.05, 0) is 24.3 Å². The molecule has 2 aromatic heterocycles. The van der Waals surface area contributed by atoms with Crippen molar-refractivity contribution in [2.24, 2.45) is 0 Å². The summed E-state index contributed by atoms with van der Waals surface area (Å²) in [5, 5.41) is 15.2.